The van der Waals surface area contributed by atoms with Gasteiger partial charge >= 0.3 is 0 Å². The van der Waals surface area contributed by atoms with Crippen LogP contribution in [0.1, 0.15) is 10.4 Å². The van der Waals surface area contributed by atoms with Crippen LogP contribution in [0.25, 0.3) is 0 Å². The Morgan fingerprint density at radius 3 is 2.67 bits per heavy atom. The third kappa shape index (κ3) is 2.67. The van der Waals surface area contributed by atoms with Gasteiger partial charge in [-0.25, -0.2) is 0 Å². The molecule has 0 aliphatic carbocycles. The predicted octanol–water partition coefficient (Wildman–Crippen LogP) is 3.96. The smallest absolute Gasteiger partial charge is 0.188 e. The fraction of sp³-hybridized carbons (Fsp3) is 0.118. The lowest BCUT2D eigenvalue weighted by atomic mass is 10.1. The van der Waals surface area contributed by atoms with Crippen molar-refractivity contribution < 1.29 is 9.53 Å². The van der Waals surface area contributed by atoms with E-state index in [1.807, 2.05) is 60.5 Å². The Labute approximate surface area is 128 Å². The number of ketones is 1. The quantitative estimate of drug-likeness (QED) is 0.633. The molecule has 0 amide bonds. The van der Waals surface area contributed by atoms with Crippen molar-refractivity contribution in [2.45, 2.75) is 4.90 Å². The zero-order valence-corrected chi connectivity index (χ0v) is 12.7. The van der Waals surface area contributed by atoms with Gasteiger partial charge in [0, 0.05) is 23.6 Å². The summed E-state index contributed by atoms with van der Waals surface area (Å²) in [6.07, 6.45) is 1.69. The van der Waals surface area contributed by atoms with Gasteiger partial charge in [0.1, 0.15) is 5.75 Å². The summed E-state index contributed by atoms with van der Waals surface area (Å²) in [6.45, 7) is 0. The Morgan fingerprint density at radius 1 is 1.19 bits per heavy atom. The molecule has 0 unspecified atom stereocenters. The number of thioether (sulfide) groups is 1. The Morgan fingerprint density at radius 2 is 1.95 bits per heavy atom. The third-order valence-electron chi connectivity index (χ3n) is 3.39. The monoisotopic (exact) mass is 297 g/mol. The van der Waals surface area contributed by atoms with Gasteiger partial charge < -0.3 is 9.64 Å². The molecule has 1 aliphatic rings. The second-order valence-electron chi connectivity index (χ2n) is 4.71. The van der Waals surface area contributed by atoms with Gasteiger partial charge in [-0.1, -0.05) is 42.1 Å². The Kier molecular flexibility index (Phi) is 3.71. The molecule has 0 bridgehead atoms. The number of ether oxygens (including phenoxy) is 1. The van der Waals surface area contributed by atoms with Crippen LogP contribution in [0, 0.1) is 0 Å². The van der Waals surface area contributed by atoms with Crippen LogP contribution in [-0.2, 0) is 0 Å². The van der Waals surface area contributed by atoms with E-state index < -0.39 is 0 Å². The van der Waals surface area contributed by atoms with Crippen LogP contribution in [-0.4, -0.2) is 19.9 Å². The highest BCUT2D eigenvalue weighted by Gasteiger charge is 2.23. The number of hydrogen-bond donors (Lipinski definition) is 0. The highest BCUT2D eigenvalue weighted by Crippen LogP contribution is 2.46. The lowest BCUT2D eigenvalue weighted by molar-refractivity contribution is 0.104. The van der Waals surface area contributed by atoms with E-state index in [1.54, 1.807) is 24.9 Å². The first-order valence-electron chi connectivity index (χ1n) is 6.60. The summed E-state index contributed by atoms with van der Waals surface area (Å²) in [7, 11) is 3.62. The van der Waals surface area contributed by atoms with E-state index in [-0.39, 0.29) is 5.78 Å². The number of methoxy groups -OCH3 is 1. The lowest BCUT2D eigenvalue weighted by Gasteiger charge is -2.13. The van der Waals surface area contributed by atoms with Gasteiger partial charge in [0.25, 0.3) is 0 Å². The number of rotatable bonds is 3. The van der Waals surface area contributed by atoms with E-state index in [0.29, 0.717) is 5.56 Å². The summed E-state index contributed by atoms with van der Waals surface area (Å²) < 4.78 is 5.24. The fourth-order valence-electron chi connectivity index (χ4n) is 2.20. The number of carbonyl (C=O) groups is 1. The summed E-state index contributed by atoms with van der Waals surface area (Å²) in [4.78, 5) is 15.4. The number of nitrogens with zero attached hydrogens (tertiary/aromatic N) is 1. The van der Waals surface area contributed by atoms with Crippen LogP contribution < -0.4 is 9.64 Å². The van der Waals surface area contributed by atoms with E-state index >= 15 is 0 Å². The number of hydrogen-bond acceptors (Lipinski definition) is 4. The molecule has 2 aromatic carbocycles. The van der Waals surface area contributed by atoms with E-state index in [4.69, 9.17) is 4.74 Å². The maximum atomic E-state index is 12.3. The minimum atomic E-state index is 0.0183. The number of fused-ring (bicyclic) bond motifs is 1. The van der Waals surface area contributed by atoms with Crippen LogP contribution >= 0.6 is 11.8 Å². The van der Waals surface area contributed by atoms with Crippen LogP contribution in [0.15, 0.2) is 64.5 Å². The molecule has 21 heavy (non-hydrogen) atoms. The van der Waals surface area contributed by atoms with Crippen LogP contribution in [0.4, 0.5) is 5.69 Å². The van der Waals surface area contributed by atoms with E-state index in [9.17, 15) is 4.79 Å². The topological polar surface area (TPSA) is 29.5 Å². The summed E-state index contributed by atoms with van der Waals surface area (Å²) in [5.41, 5.74) is 1.79. The van der Waals surface area contributed by atoms with Gasteiger partial charge in [-0.15, -0.1) is 0 Å². The Bertz CT molecular complexity index is 710. The molecule has 3 rings (SSSR count). The van der Waals surface area contributed by atoms with Gasteiger partial charge in [-0.05, 0) is 18.2 Å². The molecule has 1 aliphatic heterocycles. The minimum absolute atomic E-state index is 0.0183. The second kappa shape index (κ2) is 5.66. The highest BCUT2D eigenvalue weighted by atomic mass is 32.2. The maximum Gasteiger partial charge on any atom is 0.188 e. The summed E-state index contributed by atoms with van der Waals surface area (Å²) in [5.74, 6) is 0.843. The zero-order valence-electron chi connectivity index (χ0n) is 11.9. The van der Waals surface area contributed by atoms with Crippen LogP contribution in [0.5, 0.6) is 5.75 Å². The van der Waals surface area contributed by atoms with Crippen molar-refractivity contribution in [3.8, 4) is 5.75 Å². The number of carbonyl (C=O) groups excluding carboxylic acids is 1. The molecule has 0 atom stereocenters. The maximum absolute atomic E-state index is 12.3. The van der Waals surface area contributed by atoms with Crippen molar-refractivity contribution in [3.63, 3.8) is 0 Å². The molecule has 0 radical (unpaired) electrons. The van der Waals surface area contributed by atoms with Crippen molar-refractivity contribution in [1.29, 1.82) is 0 Å². The molecule has 1 heterocycles. The molecule has 0 saturated carbocycles. The third-order valence-corrected chi connectivity index (χ3v) is 4.53. The van der Waals surface area contributed by atoms with Gasteiger partial charge in [0.2, 0.25) is 0 Å². The summed E-state index contributed by atoms with van der Waals surface area (Å²) in [6, 6.07) is 15.2. The normalized spacial score (nSPS) is 15.1. The molecule has 0 spiro atoms. The molecular formula is C17H15NO2S. The molecule has 0 fully saturated rings. The standard InChI is InChI=1S/C17H15NO2S/c1-18-14-9-8-13(20-2)10-16(14)21-17(18)11-15(19)12-6-4-3-5-7-12/h3-11H,1-2H3. The highest BCUT2D eigenvalue weighted by molar-refractivity contribution is 8.03. The van der Waals surface area contributed by atoms with Crippen molar-refractivity contribution in [2.75, 3.05) is 19.1 Å². The molecule has 0 aromatic heterocycles. The first kappa shape index (κ1) is 13.8. The summed E-state index contributed by atoms with van der Waals surface area (Å²) >= 11 is 1.58. The van der Waals surface area contributed by atoms with Gasteiger partial charge in [0.05, 0.1) is 17.8 Å². The molecule has 2 aromatic rings. The average molecular weight is 297 g/mol. The molecule has 106 valence electrons. The van der Waals surface area contributed by atoms with E-state index in [1.165, 1.54) is 0 Å². The lowest BCUT2D eigenvalue weighted by Crippen LogP contribution is -2.11. The van der Waals surface area contributed by atoms with Crippen LogP contribution in [0.2, 0.25) is 0 Å². The largest absolute Gasteiger partial charge is 0.497 e. The van der Waals surface area contributed by atoms with Gasteiger partial charge in [-0.3, -0.25) is 4.79 Å². The molecule has 0 N–H and O–H groups in total. The molecule has 0 saturated heterocycles. The average Bonchev–Trinajstić information content (AvgIpc) is 2.83. The number of benzene rings is 2. The van der Waals surface area contributed by atoms with E-state index in [2.05, 4.69) is 0 Å². The van der Waals surface area contributed by atoms with Crippen molar-refractivity contribution >= 4 is 23.2 Å². The van der Waals surface area contributed by atoms with Gasteiger partial charge in [-0.2, -0.15) is 0 Å². The first-order chi connectivity index (χ1) is 10.2. The van der Waals surface area contributed by atoms with Crippen LogP contribution in [0.3, 0.4) is 0 Å². The second-order valence-corrected chi connectivity index (χ2v) is 5.77. The SMILES string of the molecule is COc1ccc2c(c1)SC(=CC(=O)c1ccccc1)N2C. The molecule has 4 heteroatoms. The zero-order chi connectivity index (χ0) is 14.8. The van der Waals surface area contributed by atoms with Crippen molar-refractivity contribution in [3.05, 3.63) is 65.2 Å². The summed E-state index contributed by atoms with van der Waals surface area (Å²) in [5, 5.41) is 0.923. The molecule has 3 nitrogen and oxygen atoms in total. The Balaban J connectivity index is 1.88. The van der Waals surface area contributed by atoms with E-state index in [0.717, 1.165) is 21.4 Å². The number of allylic oxidation sites excluding steroid dienone is 1. The molecular weight excluding hydrogens is 282 g/mol. The fourth-order valence-corrected chi connectivity index (χ4v) is 3.32. The first-order valence-corrected chi connectivity index (χ1v) is 7.41. The predicted molar refractivity (Wildman–Crippen MR) is 86.1 cm³/mol. The van der Waals surface area contributed by atoms with Gasteiger partial charge in [0.15, 0.2) is 5.78 Å². The van der Waals surface area contributed by atoms with Crippen molar-refractivity contribution in [2.24, 2.45) is 0 Å². The Hall–Kier alpha value is -2.20. The van der Waals surface area contributed by atoms with Crippen molar-refractivity contribution in [1.82, 2.24) is 0 Å². The minimum Gasteiger partial charge on any atom is -0.497 e. The number of anilines is 1.